The van der Waals surface area contributed by atoms with Gasteiger partial charge in [-0.2, -0.15) is 0 Å². The summed E-state index contributed by atoms with van der Waals surface area (Å²) in [5.74, 6) is 4.89. The Bertz CT molecular complexity index is 200. The number of hydrazine groups is 1. The summed E-state index contributed by atoms with van der Waals surface area (Å²) >= 11 is 0. The van der Waals surface area contributed by atoms with Crippen molar-refractivity contribution in [3.8, 4) is 0 Å². The number of nitrogens with two attached hydrogens (primary N) is 1. The van der Waals surface area contributed by atoms with E-state index >= 15 is 0 Å². The van der Waals surface area contributed by atoms with Crippen LogP contribution in [0.15, 0.2) is 0 Å². The van der Waals surface area contributed by atoms with Crippen molar-refractivity contribution in [2.45, 2.75) is 33.2 Å². The number of ether oxygens (including phenoxy) is 1. The predicted octanol–water partition coefficient (Wildman–Crippen LogP) is 0.359. The second-order valence-electron chi connectivity index (χ2n) is 4.15. The van der Waals surface area contributed by atoms with E-state index in [0.717, 1.165) is 13.0 Å². The predicted molar refractivity (Wildman–Crippen MR) is 64.7 cm³/mol. The van der Waals surface area contributed by atoms with Crippen LogP contribution in [0.5, 0.6) is 0 Å². The molecule has 0 saturated heterocycles. The Kier molecular flexibility index (Phi) is 8.15. The second-order valence-corrected chi connectivity index (χ2v) is 4.15. The summed E-state index contributed by atoms with van der Waals surface area (Å²) in [6, 6.07) is 0.447. The number of methoxy groups -OCH3 is 1. The van der Waals surface area contributed by atoms with Crippen molar-refractivity contribution in [3.63, 3.8) is 0 Å². The average molecular weight is 231 g/mol. The summed E-state index contributed by atoms with van der Waals surface area (Å²) in [6.07, 6.45) is 1.06. The van der Waals surface area contributed by atoms with Crippen LogP contribution in [-0.2, 0) is 9.53 Å². The van der Waals surface area contributed by atoms with Crippen molar-refractivity contribution in [2.75, 3.05) is 26.8 Å². The lowest BCUT2D eigenvalue weighted by atomic mass is 10.1. The van der Waals surface area contributed by atoms with Crippen LogP contribution in [0.2, 0.25) is 0 Å². The lowest BCUT2D eigenvalue weighted by molar-refractivity contribution is -0.125. The monoisotopic (exact) mass is 231 g/mol. The molecule has 1 amide bonds. The van der Waals surface area contributed by atoms with Gasteiger partial charge in [-0.05, 0) is 13.3 Å². The van der Waals surface area contributed by atoms with Gasteiger partial charge in [0.2, 0.25) is 5.91 Å². The van der Waals surface area contributed by atoms with Crippen LogP contribution in [0, 0.1) is 5.92 Å². The van der Waals surface area contributed by atoms with Crippen molar-refractivity contribution in [1.29, 1.82) is 0 Å². The Hall–Kier alpha value is -0.650. The van der Waals surface area contributed by atoms with Crippen molar-refractivity contribution in [3.05, 3.63) is 0 Å². The molecular formula is C11H25N3O2. The number of hydrogen-bond donors (Lipinski definition) is 2. The first-order valence-corrected chi connectivity index (χ1v) is 5.80. The first kappa shape index (κ1) is 15.3. The van der Waals surface area contributed by atoms with E-state index in [1.165, 1.54) is 0 Å². The fourth-order valence-corrected chi connectivity index (χ4v) is 1.54. The van der Waals surface area contributed by atoms with E-state index in [0.29, 0.717) is 19.2 Å². The molecule has 0 spiro atoms. The highest BCUT2D eigenvalue weighted by Crippen LogP contribution is 2.07. The van der Waals surface area contributed by atoms with Crippen molar-refractivity contribution >= 4 is 5.91 Å². The normalized spacial score (nSPS) is 14.9. The average Bonchev–Trinajstić information content (AvgIpc) is 2.31. The summed E-state index contributed by atoms with van der Waals surface area (Å²) < 4.78 is 5.07. The number of carbonyl (C=O) groups is 1. The van der Waals surface area contributed by atoms with E-state index in [1.54, 1.807) is 7.11 Å². The Balaban J connectivity index is 4.23. The standard InChI is InChI=1S/C11H25N3O2/c1-5-10(3)14(6-7-16-4)8-9(2)11(15)13-12/h9-10H,5-8,12H2,1-4H3,(H,13,15). The van der Waals surface area contributed by atoms with Crippen LogP contribution < -0.4 is 11.3 Å². The zero-order chi connectivity index (χ0) is 12.6. The Morgan fingerprint density at radius 3 is 2.56 bits per heavy atom. The van der Waals surface area contributed by atoms with E-state index < -0.39 is 0 Å². The molecule has 0 aliphatic carbocycles. The summed E-state index contributed by atoms with van der Waals surface area (Å²) in [6.45, 7) is 8.40. The van der Waals surface area contributed by atoms with Gasteiger partial charge in [0.05, 0.1) is 6.61 Å². The molecule has 0 rings (SSSR count). The van der Waals surface area contributed by atoms with Gasteiger partial charge in [0.1, 0.15) is 0 Å². The van der Waals surface area contributed by atoms with E-state index in [1.807, 2.05) is 6.92 Å². The first-order chi connectivity index (χ1) is 7.56. The highest BCUT2D eigenvalue weighted by atomic mass is 16.5. The van der Waals surface area contributed by atoms with Gasteiger partial charge < -0.3 is 4.74 Å². The van der Waals surface area contributed by atoms with E-state index in [9.17, 15) is 4.79 Å². The molecule has 16 heavy (non-hydrogen) atoms. The smallest absolute Gasteiger partial charge is 0.237 e. The molecule has 96 valence electrons. The lowest BCUT2D eigenvalue weighted by Crippen LogP contribution is -2.44. The van der Waals surface area contributed by atoms with E-state index in [-0.39, 0.29) is 11.8 Å². The van der Waals surface area contributed by atoms with Gasteiger partial charge in [0.15, 0.2) is 0 Å². The molecule has 3 N–H and O–H groups in total. The van der Waals surface area contributed by atoms with E-state index in [4.69, 9.17) is 10.6 Å². The Morgan fingerprint density at radius 2 is 2.12 bits per heavy atom. The van der Waals surface area contributed by atoms with Gasteiger partial charge in [-0.3, -0.25) is 15.1 Å². The highest BCUT2D eigenvalue weighted by molar-refractivity contribution is 5.77. The molecule has 2 unspecified atom stereocenters. The molecule has 0 aromatic carbocycles. The second kappa shape index (κ2) is 8.50. The molecule has 5 heteroatoms. The highest BCUT2D eigenvalue weighted by Gasteiger charge is 2.19. The third-order valence-electron chi connectivity index (χ3n) is 2.90. The molecule has 5 nitrogen and oxygen atoms in total. The topological polar surface area (TPSA) is 67.6 Å². The minimum atomic E-state index is -0.120. The van der Waals surface area contributed by atoms with Crippen LogP contribution in [-0.4, -0.2) is 43.7 Å². The van der Waals surface area contributed by atoms with Gasteiger partial charge >= 0.3 is 0 Å². The van der Waals surface area contributed by atoms with Crippen LogP contribution >= 0.6 is 0 Å². The fraction of sp³-hybridized carbons (Fsp3) is 0.909. The largest absolute Gasteiger partial charge is 0.383 e. The molecule has 0 aromatic heterocycles. The summed E-state index contributed by atoms with van der Waals surface area (Å²) in [5.41, 5.74) is 2.19. The molecular weight excluding hydrogens is 206 g/mol. The number of amides is 1. The summed E-state index contributed by atoms with van der Waals surface area (Å²) in [7, 11) is 1.69. The van der Waals surface area contributed by atoms with Gasteiger partial charge in [-0.25, -0.2) is 5.84 Å². The Labute approximate surface area is 98.3 Å². The molecule has 2 atom stereocenters. The van der Waals surface area contributed by atoms with Crippen LogP contribution in [0.1, 0.15) is 27.2 Å². The fourth-order valence-electron chi connectivity index (χ4n) is 1.54. The zero-order valence-electron chi connectivity index (χ0n) is 10.8. The van der Waals surface area contributed by atoms with Crippen LogP contribution in [0.4, 0.5) is 0 Å². The zero-order valence-corrected chi connectivity index (χ0v) is 10.8. The van der Waals surface area contributed by atoms with Crippen molar-refractivity contribution in [1.82, 2.24) is 10.3 Å². The molecule has 0 bridgehead atoms. The molecule has 0 saturated carbocycles. The maximum absolute atomic E-state index is 11.3. The first-order valence-electron chi connectivity index (χ1n) is 5.80. The van der Waals surface area contributed by atoms with E-state index in [2.05, 4.69) is 24.2 Å². The molecule has 0 aliphatic rings. The summed E-state index contributed by atoms with van der Waals surface area (Å²) in [4.78, 5) is 13.6. The number of carbonyl (C=O) groups excluding carboxylic acids is 1. The number of nitrogens with zero attached hydrogens (tertiary/aromatic N) is 1. The number of rotatable bonds is 8. The Morgan fingerprint density at radius 1 is 1.50 bits per heavy atom. The number of hydrogen-bond acceptors (Lipinski definition) is 4. The van der Waals surface area contributed by atoms with Gasteiger partial charge in [-0.15, -0.1) is 0 Å². The van der Waals surface area contributed by atoms with Gasteiger partial charge in [0.25, 0.3) is 0 Å². The molecule has 0 aromatic rings. The number of nitrogens with one attached hydrogen (secondary N) is 1. The maximum atomic E-state index is 11.3. The van der Waals surface area contributed by atoms with Crippen molar-refractivity contribution in [2.24, 2.45) is 11.8 Å². The lowest BCUT2D eigenvalue weighted by Gasteiger charge is -2.30. The molecule has 0 aliphatic heterocycles. The summed E-state index contributed by atoms with van der Waals surface area (Å²) in [5, 5.41) is 0. The van der Waals surface area contributed by atoms with Gasteiger partial charge in [-0.1, -0.05) is 13.8 Å². The SMILES string of the molecule is CCC(C)N(CCOC)CC(C)C(=O)NN. The van der Waals surface area contributed by atoms with Crippen molar-refractivity contribution < 1.29 is 9.53 Å². The maximum Gasteiger partial charge on any atom is 0.237 e. The minimum absolute atomic E-state index is 0.101. The quantitative estimate of drug-likeness (QED) is 0.359. The minimum Gasteiger partial charge on any atom is -0.383 e. The molecule has 0 heterocycles. The third kappa shape index (κ3) is 5.44. The van der Waals surface area contributed by atoms with Gasteiger partial charge in [0, 0.05) is 32.2 Å². The van der Waals surface area contributed by atoms with Crippen LogP contribution in [0.25, 0.3) is 0 Å². The molecule has 0 fully saturated rings. The third-order valence-corrected chi connectivity index (χ3v) is 2.90. The molecule has 0 radical (unpaired) electrons. The van der Waals surface area contributed by atoms with Crippen LogP contribution in [0.3, 0.4) is 0 Å².